The normalized spacial score (nSPS) is 28.8. The number of ether oxygens (including phenoxy) is 1. The second-order valence-electron chi connectivity index (χ2n) is 11.8. The number of hydrogen-bond acceptors (Lipinski definition) is 9. The van der Waals surface area contributed by atoms with Crippen molar-refractivity contribution >= 4 is 35.7 Å². The minimum Gasteiger partial charge on any atom is -0.462 e. The van der Waals surface area contributed by atoms with Gasteiger partial charge < -0.3 is 14.5 Å². The molecule has 9 nitrogen and oxygen atoms in total. The van der Waals surface area contributed by atoms with Crippen LogP contribution < -0.4 is 0 Å². The number of amides is 1. The Morgan fingerprint density at radius 2 is 2.05 bits per heavy atom. The molecule has 1 radical (unpaired) electrons. The summed E-state index contributed by atoms with van der Waals surface area (Å²) in [5.41, 5.74) is 1.84. The molecule has 5 rings (SSSR count). The number of aldehydes is 1. The lowest BCUT2D eigenvalue weighted by atomic mass is 9.88. The number of amidine groups is 1. The maximum absolute atomic E-state index is 12.5. The SMILES string of the molecule is C=CC(=O)N1CCN([C]2N=C(OCC3CCCN3C)N=C(C=O)C2CC[C@@H]2Sc3ccccc3CC2C)CC1CC#N. The number of aliphatic imine (C=N–C) groups is 2. The maximum atomic E-state index is 12.5. The number of thioether (sulfide) groups is 1. The quantitative estimate of drug-likeness (QED) is 0.318. The largest absolute Gasteiger partial charge is 0.462 e. The van der Waals surface area contributed by atoms with Crippen LogP contribution in [0.5, 0.6) is 0 Å². The van der Waals surface area contributed by atoms with Crippen LogP contribution in [0, 0.1) is 29.3 Å². The standard InChI is InChI=1S/C32H41N6O3S/c1-4-30(40)38-17-16-37(19-24(38)13-14-33)31-26(11-12-28-22(2)18-23-8-5-6-10-29(23)42-28)27(20-39)34-32(35-31)41-21-25-9-7-15-36(25)3/h4-6,8,10,20,22,24-26,28H,1,7,9,11-13,15-19,21H2,2-3H3/t22?,24?,25?,26?,28-/m0/s1. The van der Waals surface area contributed by atoms with Gasteiger partial charge in [0, 0.05) is 41.7 Å². The van der Waals surface area contributed by atoms with E-state index >= 15 is 0 Å². The number of nitrogens with zero attached hydrogens (tertiary/aromatic N) is 6. The lowest BCUT2D eigenvalue weighted by Crippen LogP contribution is -2.57. The summed E-state index contributed by atoms with van der Waals surface area (Å²) in [6, 6.07) is 11.1. The molecule has 0 N–H and O–H groups in total. The molecule has 4 aliphatic rings. The van der Waals surface area contributed by atoms with Gasteiger partial charge in [-0.2, -0.15) is 10.3 Å². The van der Waals surface area contributed by atoms with Crippen molar-refractivity contribution in [1.29, 1.82) is 5.26 Å². The van der Waals surface area contributed by atoms with Crippen molar-refractivity contribution in [2.45, 2.75) is 67.7 Å². The molecule has 5 atom stereocenters. The van der Waals surface area contributed by atoms with Crippen molar-refractivity contribution in [3.8, 4) is 6.07 Å². The summed E-state index contributed by atoms with van der Waals surface area (Å²) in [4.78, 5) is 42.0. The van der Waals surface area contributed by atoms with Crippen LogP contribution in [0.1, 0.15) is 44.6 Å². The number of hydrogen-bond donors (Lipinski definition) is 0. The number of rotatable bonds is 9. The molecule has 0 bridgehead atoms. The van der Waals surface area contributed by atoms with Crippen LogP contribution in [0.15, 0.2) is 51.8 Å². The number of nitriles is 1. The lowest BCUT2D eigenvalue weighted by Gasteiger charge is -2.44. The van der Waals surface area contributed by atoms with Crippen molar-refractivity contribution in [3.63, 3.8) is 0 Å². The zero-order valence-electron chi connectivity index (χ0n) is 24.7. The fourth-order valence-corrected chi connectivity index (χ4v) is 7.96. The zero-order chi connectivity index (χ0) is 29.6. The van der Waals surface area contributed by atoms with Crippen molar-refractivity contribution in [2.24, 2.45) is 21.8 Å². The van der Waals surface area contributed by atoms with E-state index in [0.717, 1.165) is 51.1 Å². The molecule has 223 valence electrons. The van der Waals surface area contributed by atoms with Gasteiger partial charge >= 0.3 is 6.02 Å². The molecule has 4 unspecified atom stereocenters. The highest BCUT2D eigenvalue weighted by atomic mass is 32.2. The second-order valence-corrected chi connectivity index (χ2v) is 13.0. The predicted molar refractivity (Wildman–Crippen MR) is 165 cm³/mol. The molecule has 0 saturated carbocycles. The van der Waals surface area contributed by atoms with Gasteiger partial charge in [0.15, 0.2) is 12.5 Å². The number of benzene rings is 1. The molecule has 1 aromatic carbocycles. The maximum Gasteiger partial charge on any atom is 0.314 e. The summed E-state index contributed by atoms with van der Waals surface area (Å²) in [6.07, 6.45) is 8.00. The van der Waals surface area contributed by atoms with Crippen molar-refractivity contribution in [1.82, 2.24) is 14.7 Å². The first-order valence-corrected chi connectivity index (χ1v) is 15.9. The number of likely N-dealkylation sites (N-methyl/N-ethyl adjacent to an activating group) is 1. The molecule has 10 heteroatoms. The first-order valence-electron chi connectivity index (χ1n) is 15.0. The lowest BCUT2D eigenvalue weighted by molar-refractivity contribution is -0.130. The topological polar surface area (TPSA) is 102 Å². The fourth-order valence-electron chi connectivity index (χ4n) is 6.59. The van der Waals surface area contributed by atoms with E-state index in [-0.39, 0.29) is 30.3 Å². The summed E-state index contributed by atoms with van der Waals surface area (Å²) in [5, 5.41) is 9.94. The third-order valence-corrected chi connectivity index (χ3v) is 10.7. The molecule has 4 aliphatic heterocycles. The van der Waals surface area contributed by atoms with E-state index in [1.807, 2.05) is 11.8 Å². The van der Waals surface area contributed by atoms with Crippen molar-refractivity contribution < 1.29 is 14.3 Å². The Labute approximate surface area is 253 Å². The number of carbonyl (C=O) groups is 2. The van der Waals surface area contributed by atoms with Crippen LogP contribution in [-0.2, 0) is 20.7 Å². The van der Waals surface area contributed by atoms with Crippen LogP contribution in [0.2, 0.25) is 0 Å². The van der Waals surface area contributed by atoms with E-state index in [2.05, 4.69) is 65.7 Å². The minimum atomic E-state index is -0.293. The Kier molecular flexibility index (Phi) is 10.1. The molecular formula is C32H41N6O3S. The Bertz CT molecular complexity index is 1260. The molecule has 4 heterocycles. The minimum absolute atomic E-state index is 0.174. The van der Waals surface area contributed by atoms with Gasteiger partial charge in [-0.1, -0.05) is 31.7 Å². The van der Waals surface area contributed by atoms with Crippen LogP contribution in [0.3, 0.4) is 0 Å². The van der Waals surface area contributed by atoms with Gasteiger partial charge in [0.25, 0.3) is 0 Å². The summed E-state index contributed by atoms with van der Waals surface area (Å²) in [7, 11) is 2.10. The molecule has 42 heavy (non-hydrogen) atoms. The number of likely N-dealkylation sites (tertiary alicyclic amines) is 1. The molecule has 1 amide bonds. The Morgan fingerprint density at radius 3 is 2.79 bits per heavy atom. The summed E-state index contributed by atoms with van der Waals surface area (Å²) in [6.45, 7) is 8.90. The third kappa shape index (κ3) is 6.80. The van der Waals surface area contributed by atoms with Gasteiger partial charge in [0.1, 0.15) is 6.61 Å². The van der Waals surface area contributed by atoms with Gasteiger partial charge in [-0.25, -0.2) is 4.99 Å². The monoisotopic (exact) mass is 589 g/mol. The molecule has 2 fully saturated rings. The number of piperazine rings is 1. The van der Waals surface area contributed by atoms with E-state index in [4.69, 9.17) is 9.73 Å². The van der Waals surface area contributed by atoms with Crippen LogP contribution >= 0.6 is 11.8 Å². The van der Waals surface area contributed by atoms with Gasteiger partial charge in [0.2, 0.25) is 5.91 Å². The molecule has 0 aromatic heterocycles. The van der Waals surface area contributed by atoms with Crippen LogP contribution in [0.25, 0.3) is 0 Å². The highest BCUT2D eigenvalue weighted by Gasteiger charge is 2.41. The number of fused-ring (bicyclic) bond motifs is 1. The molecule has 2 saturated heterocycles. The first kappa shape index (κ1) is 30.5. The number of carbonyl (C=O) groups excluding carboxylic acids is 2. The summed E-state index contributed by atoms with van der Waals surface area (Å²) < 4.78 is 6.12. The summed E-state index contributed by atoms with van der Waals surface area (Å²) >= 11 is 1.93. The summed E-state index contributed by atoms with van der Waals surface area (Å²) in [5.74, 6) is 0.0539. The third-order valence-electron chi connectivity index (χ3n) is 9.06. The van der Waals surface area contributed by atoms with Gasteiger partial charge in [-0.15, -0.1) is 11.8 Å². The average molecular weight is 590 g/mol. The molecule has 0 spiro atoms. The predicted octanol–water partition coefficient (Wildman–Crippen LogP) is 3.96. The second kappa shape index (κ2) is 14.0. The van der Waals surface area contributed by atoms with E-state index in [1.165, 1.54) is 16.5 Å². The van der Waals surface area contributed by atoms with E-state index < -0.39 is 0 Å². The smallest absolute Gasteiger partial charge is 0.314 e. The molecule has 0 aliphatic carbocycles. The Morgan fingerprint density at radius 1 is 1.21 bits per heavy atom. The molecular weight excluding hydrogens is 548 g/mol. The van der Waals surface area contributed by atoms with Crippen LogP contribution in [-0.4, -0.2) is 95.8 Å². The highest BCUT2D eigenvalue weighted by Crippen LogP contribution is 2.42. The fraction of sp³-hybridized carbons (Fsp3) is 0.562. The zero-order valence-corrected chi connectivity index (χ0v) is 25.5. The Hall–Kier alpha value is -3.00. The molecule has 1 aromatic rings. The van der Waals surface area contributed by atoms with E-state index in [0.29, 0.717) is 49.2 Å². The van der Waals surface area contributed by atoms with Crippen LogP contribution in [0.4, 0.5) is 0 Å². The van der Waals surface area contributed by atoms with Gasteiger partial charge in [-0.3, -0.25) is 14.5 Å². The Balaban J connectivity index is 1.36. The van der Waals surface area contributed by atoms with Gasteiger partial charge in [0.05, 0.1) is 24.2 Å². The van der Waals surface area contributed by atoms with Crippen molar-refractivity contribution in [3.05, 3.63) is 48.6 Å². The average Bonchev–Trinajstić information content (AvgIpc) is 3.42. The van der Waals surface area contributed by atoms with E-state index in [9.17, 15) is 14.9 Å². The first-order chi connectivity index (χ1) is 20.4. The van der Waals surface area contributed by atoms with Crippen molar-refractivity contribution in [2.75, 3.05) is 39.8 Å². The highest BCUT2D eigenvalue weighted by molar-refractivity contribution is 8.00. The van der Waals surface area contributed by atoms with Gasteiger partial charge in [-0.05, 0) is 69.3 Å². The van der Waals surface area contributed by atoms with E-state index in [1.54, 1.807) is 4.90 Å².